The van der Waals surface area contributed by atoms with Crippen molar-refractivity contribution in [2.75, 3.05) is 0 Å². The van der Waals surface area contributed by atoms with Crippen LogP contribution in [0, 0.1) is 6.92 Å². The molecule has 0 heterocycles. The first-order chi connectivity index (χ1) is 4.75. The van der Waals surface area contributed by atoms with Crippen molar-refractivity contribution < 1.29 is 6.17 Å². The van der Waals surface area contributed by atoms with E-state index in [1.165, 1.54) is 0 Å². The summed E-state index contributed by atoms with van der Waals surface area (Å²) in [7, 11) is 0. The normalized spacial score (nSPS) is 10.6. The van der Waals surface area contributed by atoms with E-state index in [0.29, 0.717) is 11.6 Å². The van der Waals surface area contributed by atoms with Gasteiger partial charge < -0.3 is 0 Å². The van der Waals surface area contributed by atoms with Crippen LogP contribution in [0.15, 0.2) is 24.2 Å². The minimum atomic E-state index is 0.301. The van der Waals surface area contributed by atoms with Crippen molar-refractivity contribution in [3.63, 3.8) is 0 Å². The minimum Gasteiger partial charge on any atom is -0.298 e. The van der Waals surface area contributed by atoms with E-state index in [2.05, 4.69) is 0 Å². The fourth-order valence-electron chi connectivity index (χ4n) is 0.661. The van der Waals surface area contributed by atoms with Gasteiger partial charge in [0.15, 0.2) is 0 Å². The van der Waals surface area contributed by atoms with Gasteiger partial charge in [-0.3, -0.25) is 4.79 Å². The highest BCUT2D eigenvalue weighted by Crippen LogP contribution is 2.02. The molecule has 0 saturated carbocycles. The molecule has 46 valence electrons. The van der Waals surface area contributed by atoms with Gasteiger partial charge in [0.1, 0.15) is 6.29 Å². The molecule has 1 aromatic rings. The Kier molecular flexibility index (Phi) is 1.29. The molecule has 0 bridgehead atoms. The summed E-state index contributed by atoms with van der Waals surface area (Å²) in [6.07, 6.45) is 0.720. The highest BCUT2D eigenvalue weighted by atomic mass is 16.1. The highest BCUT2D eigenvalue weighted by Gasteiger charge is 1.90. The van der Waals surface area contributed by atoms with Crippen molar-refractivity contribution in [3.8, 4) is 0 Å². The Labute approximate surface area is 55.7 Å². The van der Waals surface area contributed by atoms with Crippen LogP contribution in [-0.2, 0) is 0 Å². The van der Waals surface area contributed by atoms with E-state index < -0.39 is 0 Å². The first-order valence-electron chi connectivity index (χ1n) is 3.27. The summed E-state index contributed by atoms with van der Waals surface area (Å²) in [6.45, 7) is 1.82. The fourth-order valence-corrected chi connectivity index (χ4v) is 0.661. The van der Waals surface area contributed by atoms with Gasteiger partial charge in [0, 0.05) is 5.56 Å². The van der Waals surface area contributed by atoms with Crippen LogP contribution in [0.2, 0.25) is 0 Å². The molecule has 0 radical (unpaired) electrons. The Morgan fingerprint density at radius 2 is 2.44 bits per heavy atom. The molecule has 0 aliphatic heterocycles. The van der Waals surface area contributed by atoms with E-state index in [0.717, 1.165) is 11.8 Å². The van der Waals surface area contributed by atoms with Gasteiger partial charge in [-0.2, -0.15) is 0 Å². The molecule has 0 amide bonds. The Bertz CT molecular complexity index is 235. The zero-order valence-corrected chi connectivity index (χ0v) is 5.22. The summed E-state index contributed by atoms with van der Waals surface area (Å²) in [5.41, 5.74) is 1.35. The Morgan fingerprint density at radius 3 is 2.89 bits per heavy atom. The number of carbonyl (C=O) groups is 1. The number of hydrogen-bond donors (Lipinski definition) is 0. The Balaban J connectivity index is 3.30. The fraction of sp³-hybridized carbons (Fsp3) is 0.125. The molecule has 1 aromatic carbocycles. The third-order valence-electron chi connectivity index (χ3n) is 1.22. The average Bonchev–Trinajstić information content (AvgIpc) is 1.88. The molecule has 0 N–H and O–H groups in total. The number of carbonyl (C=O) groups excluding carboxylic acids is 1. The average molecular weight is 121 g/mol. The van der Waals surface area contributed by atoms with Gasteiger partial charge in [-0.25, -0.2) is 0 Å². The van der Waals surface area contributed by atoms with Gasteiger partial charge in [-0.15, -0.1) is 0 Å². The van der Waals surface area contributed by atoms with Gasteiger partial charge >= 0.3 is 0 Å². The van der Waals surface area contributed by atoms with E-state index in [4.69, 9.17) is 1.37 Å². The summed E-state index contributed by atoms with van der Waals surface area (Å²) in [4.78, 5) is 10.3. The maximum atomic E-state index is 10.3. The molecule has 0 unspecified atom stereocenters. The lowest BCUT2D eigenvalue weighted by Crippen LogP contribution is -1.82. The zero-order valence-electron chi connectivity index (χ0n) is 6.22. The molecule has 1 nitrogen and oxygen atoms in total. The number of aldehydes is 1. The number of benzene rings is 1. The Morgan fingerprint density at radius 1 is 1.67 bits per heavy atom. The van der Waals surface area contributed by atoms with Crippen LogP contribution < -0.4 is 0 Å². The van der Waals surface area contributed by atoms with Gasteiger partial charge in [-0.1, -0.05) is 24.2 Å². The SMILES string of the molecule is [2H]c1cccc(C)c1C=O. The van der Waals surface area contributed by atoms with E-state index in [9.17, 15) is 4.79 Å². The van der Waals surface area contributed by atoms with Gasteiger partial charge in [0.2, 0.25) is 0 Å². The molecule has 0 fully saturated rings. The molecule has 0 spiro atoms. The first-order valence-corrected chi connectivity index (χ1v) is 2.77. The molecule has 9 heavy (non-hydrogen) atoms. The van der Waals surface area contributed by atoms with Gasteiger partial charge in [0.25, 0.3) is 0 Å². The molecule has 0 aliphatic carbocycles. The van der Waals surface area contributed by atoms with Crippen LogP contribution in [0.3, 0.4) is 0 Å². The molecule has 1 heteroatoms. The van der Waals surface area contributed by atoms with Crippen molar-refractivity contribution in [2.45, 2.75) is 6.92 Å². The highest BCUT2D eigenvalue weighted by molar-refractivity contribution is 5.76. The van der Waals surface area contributed by atoms with Gasteiger partial charge in [-0.05, 0) is 12.5 Å². The van der Waals surface area contributed by atoms with Crippen molar-refractivity contribution in [1.29, 1.82) is 0 Å². The lowest BCUT2D eigenvalue weighted by molar-refractivity contribution is 0.112. The third kappa shape index (κ3) is 1.17. The summed E-state index contributed by atoms with van der Waals surface area (Å²) in [6, 6.07) is 5.50. The summed E-state index contributed by atoms with van der Waals surface area (Å²) in [5, 5.41) is 0. The standard InChI is InChI=1S/C8H8O/c1-7-4-2-3-5-8(7)6-9/h2-6H,1H3/i5D. The van der Waals surface area contributed by atoms with E-state index in [-0.39, 0.29) is 0 Å². The second-order valence-electron chi connectivity index (χ2n) is 1.88. The molecular weight excluding hydrogens is 112 g/mol. The van der Waals surface area contributed by atoms with Crippen molar-refractivity contribution in [1.82, 2.24) is 0 Å². The smallest absolute Gasteiger partial charge is 0.150 e. The summed E-state index contributed by atoms with van der Waals surface area (Å²) in [5.74, 6) is 0. The second kappa shape index (κ2) is 2.44. The monoisotopic (exact) mass is 121 g/mol. The third-order valence-corrected chi connectivity index (χ3v) is 1.22. The van der Waals surface area contributed by atoms with Crippen molar-refractivity contribution in [2.24, 2.45) is 0 Å². The molecule has 0 saturated heterocycles. The lowest BCUT2D eigenvalue weighted by atomic mass is 10.1. The van der Waals surface area contributed by atoms with Crippen molar-refractivity contribution in [3.05, 3.63) is 35.4 Å². The maximum absolute atomic E-state index is 10.3. The molecule has 0 atom stereocenters. The Hall–Kier alpha value is -1.11. The van der Waals surface area contributed by atoms with Crippen LogP contribution in [0.25, 0.3) is 0 Å². The molecule has 0 aromatic heterocycles. The predicted octanol–water partition coefficient (Wildman–Crippen LogP) is 1.81. The van der Waals surface area contributed by atoms with Crippen LogP contribution in [0.1, 0.15) is 17.3 Å². The lowest BCUT2D eigenvalue weighted by Gasteiger charge is -1.92. The van der Waals surface area contributed by atoms with E-state index in [1.54, 1.807) is 12.1 Å². The van der Waals surface area contributed by atoms with Crippen molar-refractivity contribution >= 4 is 6.29 Å². The van der Waals surface area contributed by atoms with E-state index >= 15 is 0 Å². The number of hydrogen-bond acceptors (Lipinski definition) is 1. The molecular formula is C8H8O. The zero-order chi connectivity index (χ0) is 7.56. The van der Waals surface area contributed by atoms with Crippen LogP contribution in [0.4, 0.5) is 0 Å². The van der Waals surface area contributed by atoms with Crippen LogP contribution in [0.5, 0.6) is 0 Å². The predicted molar refractivity (Wildman–Crippen MR) is 36.6 cm³/mol. The quantitative estimate of drug-likeness (QED) is 0.518. The topological polar surface area (TPSA) is 17.1 Å². The maximum Gasteiger partial charge on any atom is 0.150 e. The first kappa shape index (κ1) is 4.74. The van der Waals surface area contributed by atoms with Crippen LogP contribution >= 0.6 is 0 Å². The largest absolute Gasteiger partial charge is 0.298 e. The summed E-state index contributed by atoms with van der Waals surface area (Å²) >= 11 is 0. The van der Waals surface area contributed by atoms with E-state index in [1.807, 2.05) is 13.0 Å². The van der Waals surface area contributed by atoms with Crippen LogP contribution in [-0.4, -0.2) is 6.29 Å². The number of aryl methyl sites for hydroxylation is 1. The second-order valence-corrected chi connectivity index (χ2v) is 1.88. The minimum absolute atomic E-state index is 0.301. The molecule has 1 rings (SSSR count). The van der Waals surface area contributed by atoms with Gasteiger partial charge in [0.05, 0.1) is 1.37 Å². The summed E-state index contributed by atoms with van der Waals surface area (Å²) < 4.78 is 7.28. The molecule has 0 aliphatic rings. The number of rotatable bonds is 1.